The predicted molar refractivity (Wildman–Crippen MR) is 84.1 cm³/mol. The average molecular weight is 310 g/mol. The van der Waals surface area contributed by atoms with E-state index in [1.54, 1.807) is 6.07 Å². The van der Waals surface area contributed by atoms with E-state index >= 15 is 0 Å². The third-order valence-electron chi connectivity index (χ3n) is 4.51. The number of benzene rings is 1. The van der Waals surface area contributed by atoms with Gasteiger partial charge in [0.05, 0.1) is 16.3 Å². The van der Waals surface area contributed by atoms with Crippen LogP contribution < -0.4 is 11.1 Å². The second-order valence-electron chi connectivity index (χ2n) is 5.93. The largest absolute Gasteiger partial charge is 0.478 e. The first-order valence-electron chi connectivity index (χ1n) is 7.37. The van der Waals surface area contributed by atoms with Gasteiger partial charge >= 0.3 is 5.97 Å². The molecule has 114 valence electrons. The molecule has 2 unspecified atom stereocenters. The topological polar surface area (TPSA) is 78.6 Å². The summed E-state index contributed by atoms with van der Waals surface area (Å²) in [6.45, 7) is 2.26. The van der Waals surface area contributed by atoms with Crippen molar-refractivity contribution in [3.8, 4) is 0 Å². The summed E-state index contributed by atoms with van der Waals surface area (Å²) in [4.78, 5) is 13.9. The van der Waals surface area contributed by atoms with Crippen LogP contribution in [-0.4, -0.2) is 41.1 Å². The zero-order chi connectivity index (χ0) is 15.0. The van der Waals surface area contributed by atoms with Gasteiger partial charge in [0.15, 0.2) is 0 Å². The molecule has 6 heteroatoms. The molecule has 0 bridgehead atoms. The fourth-order valence-corrected chi connectivity index (χ4v) is 3.78. The Bertz CT molecular complexity index is 564. The van der Waals surface area contributed by atoms with E-state index in [9.17, 15) is 9.90 Å². The van der Waals surface area contributed by atoms with Gasteiger partial charge in [-0.25, -0.2) is 4.79 Å². The molecule has 1 aromatic rings. The first-order chi connectivity index (χ1) is 10.0. The van der Waals surface area contributed by atoms with Crippen molar-refractivity contribution in [3.63, 3.8) is 0 Å². The van der Waals surface area contributed by atoms with E-state index in [1.165, 1.54) is 25.5 Å². The van der Waals surface area contributed by atoms with E-state index in [-0.39, 0.29) is 11.6 Å². The molecule has 0 aliphatic carbocycles. The molecular formula is C15H20ClN3O2. The molecular weight excluding hydrogens is 290 g/mol. The van der Waals surface area contributed by atoms with Crippen LogP contribution in [0.15, 0.2) is 12.1 Å². The zero-order valence-corrected chi connectivity index (χ0v) is 12.6. The maximum absolute atomic E-state index is 11.4. The number of hydrogen-bond acceptors (Lipinski definition) is 4. The molecule has 21 heavy (non-hydrogen) atoms. The van der Waals surface area contributed by atoms with Gasteiger partial charge in [-0.15, -0.1) is 0 Å². The maximum atomic E-state index is 11.4. The van der Waals surface area contributed by atoms with E-state index in [2.05, 4.69) is 10.2 Å². The molecule has 0 amide bonds. The van der Waals surface area contributed by atoms with Crippen molar-refractivity contribution in [1.82, 2.24) is 4.90 Å². The van der Waals surface area contributed by atoms with Crippen LogP contribution >= 0.6 is 11.6 Å². The van der Waals surface area contributed by atoms with Gasteiger partial charge in [-0.3, -0.25) is 0 Å². The van der Waals surface area contributed by atoms with Crippen LogP contribution in [0.2, 0.25) is 5.02 Å². The van der Waals surface area contributed by atoms with Crippen LogP contribution in [0.1, 0.15) is 36.0 Å². The number of carboxylic acid groups (broad SMARTS) is 1. The summed E-state index contributed by atoms with van der Waals surface area (Å²) < 4.78 is 0. The van der Waals surface area contributed by atoms with Gasteiger partial charge in [0.2, 0.25) is 0 Å². The Kier molecular flexibility index (Phi) is 3.95. The summed E-state index contributed by atoms with van der Waals surface area (Å²) in [7, 11) is 0. The Morgan fingerprint density at radius 2 is 2.19 bits per heavy atom. The number of hydrogen-bond donors (Lipinski definition) is 3. The molecule has 5 nitrogen and oxygen atoms in total. The lowest BCUT2D eigenvalue weighted by molar-refractivity contribution is 0.0698. The van der Waals surface area contributed by atoms with Gasteiger partial charge < -0.3 is 21.1 Å². The second-order valence-corrected chi connectivity index (χ2v) is 6.34. The van der Waals surface area contributed by atoms with Crippen LogP contribution in [0.25, 0.3) is 0 Å². The van der Waals surface area contributed by atoms with Crippen molar-refractivity contribution in [2.45, 2.75) is 37.8 Å². The van der Waals surface area contributed by atoms with Crippen LogP contribution in [0.4, 0.5) is 11.4 Å². The normalized spacial score (nSPS) is 25.6. The van der Waals surface area contributed by atoms with Crippen LogP contribution in [0.3, 0.4) is 0 Å². The Hall–Kier alpha value is -1.46. The molecule has 0 radical (unpaired) electrons. The summed E-state index contributed by atoms with van der Waals surface area (Å²) in [5.41, 5.74) is 6.70. The van der Waals surface area contributed by atoms with E-state index in [1.807, 2.05) is 0 Å². The highest BCUT2D eigenvalue weighted by molar-refractivity contribution is 6.34. The highest BCUT2D eigenvalue weighted by atomic mass is 35.5. The van der Waals surface area contributed by atoms with Gasteiger partial charge in [0.1, 0.15) is 0 Å². The van der Waals surface area contributed by atoms with Gasteiger partial charge in [-0.05, 0) is 44.4 Å². The zero-order valence-electron chi connectivity index (χ0n) is 11.8. The molecule has 0 saturated carbocycles. The number of nitrogens with two attached hydrogens (primary N) is 1. The van der Waals surface area contributed by atoms with Crippen molar-refractivity contribution in [1.29, 1.82) is 0 Å². The second kappa shape index (κ2) is 5.73. The number of nitrogens with zero attached hydrogens (tertiary/aromatic N) is 1. The fraction of sp³-hybridized carbons (Fsp3) is 0.533. The highest BCUT2D eigenvalue weighted by Gasteiger charge is 2.32. The molecule has 2 fully saturated rings. The SMILES string of the molecule is Nc1cc(Cl)c(NC2CCN3CCCC3C2)c(C(=O)O)c1. The number of aromatic carboxylic acids is 1. The number of nitrogen functional groups attached to an aromatic ring is 1. The molecule has 2 atom stereocenters. The predicted octanol–water partition coefficient (Wildman–Crippen LogP) is 2.66. The number of halogens is 1. The van der Waals surface area contributed by atoms with E-state index in [0.29, 0.717) is 22.4 Å². The summed E-state index contributed by atoms with van der Waals surface area (Å²) in [5.74, 6) is -1.01. The van der Waals surface area contributed by atoms with Crippen molar-refractivity contribution in [3.05, 3.63) is 22.7 Å². The molecule has 1 aromatic carbocycles. The van der Waals surface area contributed by atoms with Crippen molar-refractivity contribution in [2.75, 3.05) is 24.1 Å². The standard InChI is InChI=1S/C15H20ClN3O2/c16-13-7-9(17)6-12(15(20)21)14(13)18-10-3-5-19-4-1-2-11(19)8-10/h6-7,10-11,18H,1-5,8,17H2,(H,20,21). The Morgan fingerprint density at radius 3 is 2.95 bits per heavy atom. The van der Waals surface area contributed by atoms with Gasteiger partial charge in [0.25, 0.3) is 0 Å². The first kappa shape index (κ1) is 14.5. The monoisotopic (exact) mass is 309 g/mol. The molecule has 2 saturated heterocycles. The number of piperidine rings is 1. The summed E-state index contributed by atoms with van der Waals surface area (Å²) in [6, 6.07) is 3.95. The van der Waals surface area contributed by atoms with Gasteiger partial charge in [-0.2, -0.15) is 0 Å². The number of fused-ring (bicyclic) bond motifs is 1. The van der Waals surface area contributed by atoms with Gasteiger partial charge in [0, 0.05) is 24.3 Å². The summed E-state index contributed by atoms with van der Waals surface area (Å²) in [6.07, 6.45) is 4.55. The van der Waals surface area contributed by atoms with Crippen molar-refractivity contribution < 1.29 is 9.90 Å². The molecule has 2 heterocycles. The average Bonchev–Trinajstić information content (AvgIpc) is 2.88. The fourth-order valence-electron chi connectivity index (χ4n) is 3.50. The number of carbonyl (C=O) groups is 1. The summed E-state index contributed by atoms with van der Waals surface area (Å²) in [5, 5.41) is 13.1. The van der Waals surface area contributed by atoms with Crippen molar-refractivity contribution in [2.24, 2.45) is 0 Å². The highest BCUT2D eigenvalue weighted by Crippen LogP contribution is 2.33. The summed E-state index contributed by atoms with van der Waals surface area (Å²) >= 11 is 6.19. The van der Waals surface area contributed by atoms with E-state index in [4.69, 9.17) is 17.3 Å². The quantitative estimate of drug-likeness (QED) is 0.748. The van der Waals surface area contributed by atoms with Crippen molar-refractivity contribution >= 4 is 28.9 Å². The Balaban J connectivity index is 1.80. The third-order valence-corrected chi connectivity index (χ3v) is 4.81. The van der Waals surface area contributed by atoms with Gasteiger partial charge in [-0.1, -0.05) is 11.6 Å². The lowest BCUT2D eigenvalue weighted by Crippen LogP contribution is -2.43. The van der Waals surface area contributed by atoms with Crippen LogP contribution in [0, 0.1) is 0 Å². The Morgan fingerprint density at radius 1 is 1.38 bits per heavy atom. The molecule has 0 aromatic heterocycles. The number of nitrogens with one attached hydrogen (secondary N) is 1. The maximum Gasteiger partial charge on any atom is 0.337 e. The number of carboxylic acids is 1. The van der Waals surface area contributed by atoms with E-state index in [0.717, 1.165) is 19.4 Å². The minimum atomic E-state index is -1.01. The lowest BCUT2D eigenvalue weighted by Gasteiger charge is -2.36. The molecule has 2 aliphatic rings. The minimum Gasteiger partial charge on any atom is -0.478 e. The molecule has 2 aliphatic heterocycles. The third kappa shape index (κ3) is 2.94. The van der Waals surface area contributed by atoms with E-state index < -0.39 is 5.97 Å². The van der Waals surface area contributed by atoms with Crippen LogP contribution in [0.5, 0.6) is 0 Å². The van der Waals surface area contributed by atoms with Crippen LogP contribution in [-0.2, 0) is 0 Å². The molecule has 0 spiro atoms. The Labute approximate surface area is 129 Å². The molecule has 3 rings (SSSR count). The number of anilines is 2. The minimum absolute atomic E-state index is 0.147. The molecule has 4 N–H and O–H groups in total. The number of rotatable bonds is 3. The first-order valence-corrected chi connectivity index (χ1v) is 7.75. The lowest BCUT2D eigenvalue weighted by atomic mass is 9.97. The smallest absolute Gasteiger partial charge is 0.337 e.